The molecule has 0 saturated heterocycles. The number of H-pyrrole nitrogens is 1. The number of hydrogen-bond donors (Lipinski definition) is 2. The maximum atomic E-state index is 9.74. The van der Waals surface area contributed by atoms with E-state index in [2.05, 4.69) is 39.1 Å². The van der Waals surface area contributed by atoms with E-state index in [0.717, 1.165) is 30.9 Å². The Morgan fingerprint density at radius 1 is 1.17 bits per heavy atom. The molecule has 0 aliphatic heterocycles. The fourth-order valence-electron chi connectivity index (χ4n) is 2.72. The number of rotatable bonds is 8. The van der Waals surface area contributed by atoms with E-state index in [1.165, 1.54) is 9.75 Å². The van der Waals surface area contributed by atoms with E-state index in [1.807, 2.05) is 30.5 Å². The molecular formula is C18H22N4OS. The van der Waals surface area contributed by atoms with E-state index >= 15 is 0 Å². The number of aliphatic hydroxyl groups excluding tert-OH is 1. The molecule has 126 valence electrons. The van der Waals surface area contributed by atoms with Gasteiger partial charge in [-0.3, -0.25) is 15.0 Å². The van der Waals surface area contributed by atoms with Crippen LogP contribution in [0.2, 0.25) is 0 Å². The predicted octanol–water partition coefficient (Wildman–Crippen LogP) is 3.31. The Balaban J connectivity index is 1.76. The van der Waals surface area contributed by atoms with Gasteiger partial charge in [-0.25, -0.2) is 0 Å². The molecule has 0 unspecified atom stereocenters. The molecule has 3 aromatic rings. The normalized spacial score (nSPS) is 12.6. The zero-order valence-electron chi connectivity index (χ0n) is 13.7. The Hall–Kier alpha value is -2.02. The number of nitrogens with one attached hydrogen (secondary N) is 1. The maximum Gasteiger partial charge on any atom is 0.0749 e. The van der Waals surface area contributed by atoms with Crippen LogP contribution in [0.3, 0.4) is 0 Å². The smallest absolute Gasteiger partial charge is 0.0749 e. The van der Waals surface area contributed by atoms with Crippen LogP contribution in [-0.4, -0.2) is 37.8 Å². The monoisotopic (exact) mass is 342 g/mol. The van der Waals surface area contributed by atoms with Crippen molar-refractivity contribution in [1.29, 1.82) is 0 Å². The second-order valence-electron chi connectivity index (χ2n) is 5.71. The first-order chi connectivity index (χ1) is 11.8. The molecule has 3 heterocycles. The number of nitrogens with zero attached hydrogens (tertiary/aromatic N) is 3. The summed E-state index contributed by atoms with van der Waals surface area (Å²) in [6.45, 7) is 3.80. The van der Waals surface area contributed by atoms with Gasteiger partial charge in [-0.1, -0.05) is 13.0 Å². The minimum Gasteiger partial charge on any atom is -0.395 e. The summed E-state index contributed by atoms with van der Waals surface area (Å²) >= 11 is 1.75. The molecule has 3 aromatic heterocycles. The minimum absolute atomic E-state index is 0.129. The van der Waals surface area contributed by atoms with E-state index in [9.17, 15) is 5.11 Å². The van der Waals surface area contributed by atoms with Crippen molar-refractivity contribution in [3.8, 4) is 10.6 Å². The lowest BCUT2D eigenvalue weighted by atomic mass is 10.2. The summed E-state index contributed by atoms with van der Waals surface area (Å²) in [6.07, 6.45) is 4.48. The fourth-order valence-corrected chi connectivity index (χ4v) is 3.73. The number of aromatic nitrogens is 3. The SMILES string of the molecule is CC[C@H](CO)N(Cc1ccccn1)Cc1ccc(-c2ccn[nH]2)s1. The molecule has 3 rings (SSSR count). The van der Waals surface area contributed by atoms with Gasteiger partial charge in [0.1, 0.15) is 0 Å². The summed E-state index contributed by atoms with van der Waals surface area (Å²) < 4.78 is 0. The van der Waals surface area contributed by atoms with Crippen LogP contribution in [0.15, 0.2) is 48.8 Å². The summed E-state index contributed by atoms with van der Waals surface area (Å²) in [5.41, 5.74) is 2.06. The second-order valence-corrected chi connectivity index (χ2v) is 6.88. The van der Waals surface area contributed by atoms with E-state index in [0.29, 0.717) is 0 Å². The highest BCUT2D eigenvalue weighted by Crippen LogP contribution is 2.28. The van der Waals surface area contributed by atoms with E-state index in [1.54, 1.807) is 17.5 Å². The van der Waals surface area contributed by atoms with E-state index in [-0.39, 0.29) is 12.6 Å². The van der Waals surface area contributed by atoms with Gasteiger partial charge in [0.2, 0.25) is 0 Å². The van der Waals surface area contributed by atoms with Crippen LogP contribution in [0.1, 0.15) is 23.9 Å². The van der Waals surface area contributed by atoms with Crippen molar-refractivity contribution < 1.29 is 5.11 Å². The van der Waals surface area contributed by atoms with Crippen molar-refractivity contribution in [1.82, 2.24) is 20.1 Å². The molecular weight excluding hydrogens is 320 g/mol. The van der Waals surface area contributed by atoms with Crippen LogP contribution >= 0.6 is 11.3 Å². The zero-order chi connectivity index (χ0) is 16.8. The average Bonchev–Trinajstić information content (AvgIpc) is 3.28. The van der Waals surface area contributed by atoms with E-state index < -0.39 is 0 Å². The third-order valence-corrected chi connectivity index (χ3v) is 5.18. The number of pyridine rings is 1. The molecule has 0 aliphatic rings. The summed E-state index contributed by atoms with van der Waals surface area (Å²) in [5, 5.41) is 16.7. The summed E-state index contributed by atoms with van der Waals surface area (Å²) in [6, 6.07) is 12.3. The Bertz CT molecular complexity index is 723. The quantitative estimate of drug-likeness (QED) is 0.659. The highest BCUT2D eigenvalue weighted by molar-refractivity contribution is 7.15. The van der Waals surface area contributed by atoms with Crippen molar-refractivity contribution >= 4 is 11.3 Å². The molecule has 0 fully saturated rings. The first-order valence-corrected chi connectivity index (χ1v) is 8.95. The molecule has 0 bridgehead atoms. The van der Waals surface area contributed by atoms with Crippen LogP contribution in [0.4, 0.5) is 0 Å². The average molecular weight is 342 g/mol. The molecule has 0 aromatic carbocycles. The lowest BCUT2D eigenvalue weighted by Crippen LogP contribution is -2.36. The van der Waals surface area contributed by atoms with Crippen molar-refractivity contribution in [2.24, 2.45) is 0 Å². The summed E-state index contributed by atoms with van der Waals surface area (Å²) in [7, 11) is 0. The Morgan fingerprint density at radius 2 is 2.08 bits per heavy atom. The molecule has 6 heteroatoms. The van der Waals surface area contributed by atoms with Gasteiger partial charge in [-0.15, -0.1) is 11.3 Å². The Labute approximate surface area is 146 Å². The van der Waals surface area contributed by atoms with Gasteiger partial charge < -0.3 is 5.11 Å². The lowest BCUT2D eigenvalue weighted by molar-refractivity contribution is 0.106. The van der Waals surface area contributed by atoms with Crippen LogP contribution < -0.4 is 0 Å². The zero-order valence-corrected chi connectivity index (χ0v) is 14.5. The summed E-state index contributed by atoms with van der Waals surface area (Å²) in [5.74, 6) is 0. The van der Waals surface area contributed by atoms with Gasteiger partial charge >= 0.3 is 0 Å². The molecule has 24 heavy (non-hydrogen) atoms. The molecule has 5 nitrogen and oxygen atoms in total. The van der Waals surface area contributed by atoms with Crippen LogP contribution in [0.5, 0.6) is 0 Å². The van der Waals surface area contributed by atoms with Crippen molar-refractivity contribution in [3.63, 3.8) is 0 Å². The van der Waals surface area contributed by atoms with Gasteiger partial charge in [0.15, 0.2) is 0 Å². The second kappa shape index (κ2) is 8.19. The standard InChI is InChI=1S/C18H22N4OS/c1-2-15(13-23)22(11-14-5-3-4-9-19-14)12-16-6-7-18(24-16)17-8-10-20-21-17/h3-10,15,23H,2,11-13H2,1H3,(H,20,21)/t15-/m1/s1. The molecule has 0 radical (unpaired) electrons. The molecule has 0 saturated carbocycles. The molecule has 2 N–H and O–H groups in total. The minimum atomic E-state index is 0.129. The lowest BCUT2D eigenvalue weighted by Gasteiger charge is -2.29. The van der Waals surface area contributed by atoms with Crippen LogP contribution in [0, 0.1) is 0 Å². The van der Waals surface area contributed by atoms with E-state index in [4.69, 9.17) is 0 Å². The van der Waals surface area contributed by atoms with Crippen LogP contribution in [-0.2, 0) is 13.1 Å². The number of thiophene rings is 1. The predicted molar refractivity (Wildman–Crippen MR) is 96.5 cm³/mol. The van der Waals surface area contributed by atoms with Gasteiger partial charge in [-0.05, 0) is 36.8 Å². The molecule has 0 amide bonds. The van der Waals surface area contributed by atoms with Gasteiger partial charge in [-0.2, -0.15) is 5.10 Å². The Morgan fingerprint density at radius 3 is 2.75 bits per heavy atom. The highest BCUT2D eigenvalue weighted by Gasteiger charge is 2.18. The topological polar surface area (TPSA) is 65.0 Å². The third-order valence-electron chi connectivity index (χ3n) is 4.08. The molecule has 0 spiro atoms. The maximum absolute atomic E-state index is 9.74. The Kier molecular flexibility index (Phi) is 5.74. The van der Waals surface area contributed by atoms with Crippen molar-refractivity contribution in [2.75, 3.05) is 6.61 Å². The highest BCUT2D eigenvalue weighted by atomic mass is 32.1. The largest absolute Gasteiger partial charge is 0.395 e. The molecule has 1 atom stereocenters. The van der Waals surface area contributed by atoms with Gasteiger partial charge in [0.05, 0.1) is 22.9 Å². The third kappa shape index (κ3) is 4.08. The first-order valence-electron chi connectivity index (χ1n) is 8.13. The number of aliphatic hydroxyl groups is 1. The van der Waals surface area contributed by atoms with Crippen molar-refractivity contribution in [3.05, 3.63) is 59.4 Å². The van der Waals surface area contributed by atoms with Gasteiger partial charge in [0.25, 0.3) is 0 Å². The fraction of sp³-hybridized carbons (Fsp3) is 0.333. The van der Waals surface area contributed by atoms with Crippen LogP contribution in [0.25, 0.3) is 10.6 Å². The van der Waals surface area contributed by atoms with Crippen molar-refractivity contribution in [2.45, 2.75) is 32.5 Å². The number of hydrogen-bond acceptors (Lipinski definition) is 5. The van der Waals surface area contributed by atoms with Gasteiger partial charge in [0, 0.05) is 36.4 Å². The first kappa shape index (κ1) is 16.8. The molecule has 0 aliphatic carbocycles. The number of aromatic amines is 1. The summed E-state index contributed by atoms with van der Waals surface area (Å²) in [4.78, 5) is 9.16.